The number of benzene rings is 2. The Morgan fingerprint density at radius 1 is 1.20 bits per heavy atom. The molecule has 2 atom stereocenters. The summed E-state index contributed by atoms with van der Waals surface area (Å²) in [5, 5.41) is 12.5. The molecule has 11 heteroatoms. The Bertz CT molecular complexity index is 1290. The van der Waals surface area contributed by atoms with Crippen molar-refractivity contribution in [2.24, 2.45) is 0 Å². The number of aromatic nitrogens is 2. The maximum atomic E-state index is 13.1. The molecule has 1 fully saturated rings. The average molecular weight is 500 g/mol. The number of nitrogens with one attached hydrogen (secondary N) is 4. The van der Waals surface area contributed by atoms with Crippen LogP contribution < -0.4 is 20.1 Å². The van der Waals surface area contributed by atoms with E-state index >= 15 is 0 Å². The summed E-state index contributed by atoms with van der Waals surface area (Å²) >= 11 is 0. The number of carbonyl (C=O) groups is 2. The van der Waals surface area contributed by atoms with Crippen molar-refractivity contribution < 1.29 is 22.7 Å². The van der Waals surface area contributed by atoms with Gasteiger partial charge in [-0.1, -0.05) is 30.3 Å². The van der Waals surface area contributed by atoms with E-state index in [0.29, 0.717) is 55.4 Å². The van der Waals surface area contributed by atoms with Crippen LogP contribution in [0.3, 0.4) is 0 Å². The molecule has 4 N–H and O–H groups in total. The number of carbonyl (C=O) groups excluding carboxylic acids is 2. The second-order valence-corrected chi connectivity index (χ2v) is 10.4. The van der Waals surface area contributed by atoms with Gasteiger partial charge in [-0.25, -0.2) is 13.1 Å². The van der Waals surface area contributed by atoms with Crippen molar-refractivity contribution in [2.45, 2.75) is 37.0 Å². The van der Waals surface area contributed by atoms with Crippen LogP contribution in [0.4, 0.5) is 0 Å². The first-order valence-electron chi connectivity index (χ1n) is 11.5. The first-order chi connectivity index (χ1) is 16.9. The van der Waals surface area contributed by atoms with Crippen molar-refractivity contribution in [1.82, 2.24) is 25.6 Å². The van der Waals surface area contributed by atoms with Gasteiger partial charge in [-0.15, -0.1) is 0 Å². The van der Waals surface area contributed by atoms with Gasteiger partial charge in [-0.3, -0.25) is 14.7 Å². The lowest BCUT2D eigenvalue weighted by Crippen LogP contribution is -2.48. The fraction of sp³-hybridized carbons (Fsp3) is 0.375. The minimum atomic E-state index is -3.62. The number of hydrogen-bond acceptors (Lipinski definition) is 6. The summed E-state index contributed by atoms with van der Waals surface area (Å²) in [7, 11) is -2.05. The fourth-order valence-electron chi connectivity index (χ4n) is 4.19. The van der Waals surface area contributed by atoms with E-state index < -0.39 is 21.2 Å². The Kier molecular flexibility index (Phi) is 7.67. The molecular weight excluding hydrogens is 470 g/mol. The second-order valence-electron chi connectivity index (χ2n) is 8.42. The Morgan fingerprint density at radius 2 is 2.00 bits per heavy atom. The van der Waals surface area contributed by atoms with Crippen LogP contribution in [0.25, 0.3) is 10.9 Å². The third-order valence-electron chi connectivity index (χ3n) is 6.07. The highest BCUT2D eigenvalue weighted by molar-refractivity contribution is 7.90. The molecule has 4 rings (SSSR count). The molecule has 2 heterocycles. The normalized spacial score (nSPS) is 18.0. The fourth-order valence-corrected chi connectivity index (χ4v) is 5.67. The molecule has 35 heavy (non-hydrogen) atoms. The Morgan fingerprint density at radius 3 is 2.74 bits per heavy atom. The molecule has 0 spiro atoms. The van der Waals surface area contributed by atoms with Gasteiger partial charge in [0.25, 0.3) is 5.91 Å². The molecule has 1 saturated heterocycles. The van der Waals surface area contributed by atoms with Crippen LogP contribution in [-0.4, -0.2) is 55.9 Å². The number of sulfonamides is 1. The van der Waals surface area contributed by atoms with Gasteiger partial charge in [-0.05, 0) is 43.4 Å². The molecule has 0 aliphatic carbocycles. The predicted molar refractivity (Wildman–Crippen MR) is 131 cm³/mol. The summed E-state index contributed by atoms with van der Waals surface area (Å²) in [6.07, 6.45) is 2.04. The molecule has 1 aliphatic heterocycles. The standard InChI is InChI=1S/C24H29N5O5S/c1-34-17-11-12-18-20(15-17)28-29-22(18)24(31)27-19(16-7-3-2-4-8-16)9-5-13-25-23(30)21-10-6-14-26-35(21,32)33/h2-4,7-8,11-12,15,19,21,26H,5-6,9-10,13-14H2,1H3,(H,25,30)(H,27,31)(H,28,29). The minimum Gasteiger partial charge on any atom is -0.497 e. The van der Waals surface area contributed by atoms with Gasteiger partial charge in [-0.2, -0.15) is 5.10 Å². The van der Waals surface area contributed by atoms with Crippen LogP contribution >= 0.6 is 0 Å². The lowest BCUT2D eigenvalue weighted by Gasteiger charge is -2.22. The number of nitrogens with zero attached hydrogens (tertiary/aromatic N) is 1. The van der Waals surface area contributed by atoms with E-state index in [1.807, 2.05) is 30.3 Å². The maximum Gasteiger partial charge on any atom is 0.272 e. The number of rotatable bonds is 9. The van der Waals surface area contributed by atoms with Crippen molar-refractivity contribution in [3.8, 4) is 5.75 Å². The molecule has 3 aromatic rings. The smallest absolute Gasteiger partial charge is 0.272 e. The zero-order valence-electron chi connectivity index (χ0n) is 19.4. The van der Waals surface area contributed by atoms with Crippen molar-refractivity contribution >= 4 is 32.7 Å². The van der Waals surface area contributed by atoms with Crippen LogP contribution in [-0.2, 0) is 14.8 Å². The van der Waals surface area contributed by atoms with Gasteiger partial charge in [0.1, 0.15) is 5.75 Å². The number of methoxy groups -OCH3 is 1. The highest BCUT2D eigenvalue weighted by Gasteiger charge is 2.34. The topological polar surface area (TPSA) is 142 Å². The van der Waals surface area contributed by atoms with Gasteiger partial charge in [0, 0.05) is 24.5 Å². The highest BCUT2D eigenvalue weighted by Crippen LogP contribution is 2.24. The largest absolute Gasteiger partial charge is 0.497 e. The van der Waals surface area contributed by atoms with E-state index in [1.54, 1.807) is 25.3 Å². The molecule has 186 valence electrons. The van der Waals surface area contributed by atoms with E-state index in [9.17, 15) is 18.0 Å². The van der Waals surface area contributed by atoms with Crippen LogP contribution in [0, 0.1) is 0 Å². The molecule has 2 aromatic carbocycles. The van der Waals surface area contributed by atoms with Gasteiger partial charge < -0.3 is 15.4 Å². The van der Waals surface area contributed by atoms with Gasteiger partial charge in [0.15, 0.2) is 10.9 Å². The summed E-state index contributed by atoms with van der Waals surface area (Å²) in [6, 6.07) is 14.6. The number of aromatic amines is 1. The molecule has 10 nitrogen and oxygen atoms in total. The van der Waals surface area contributed by atoms with Gasteiger partial charge in [0.2, 0.25) is 15.9 Å². The van der Waals surface area contributed by atoms with Crippen molar-refractivity contribution in [2.75, 3.05) is 20.2 Å². The van der Waals surface area contributed by atoms with E-state index in [4.69, 9.17) is 4.74 Å². The number of ether oxygens (including phenoxy) is 1. The summed E-state index contributed by atoms with van der Waals surface area (Å²) < 4.78 is 31.8. The van der Waals surface area contributed by atoms with E-state index in [1.165, 1.54) is 0 Å². The highest BCUT2D eigenvalue weighted by atomic mass is 32.2. The summed E-state index contributed by atoms with van der Waals surface area (Å²) in [4.78, 5) is 25.5. The van der Waals surface area contributed by atoms with Gasteiger partial charge >= 0.3 is 0 Å². The van der Waals surface area contributed by atoms with E-state index in [-0.39, 0.29) is 17.6 Å². The van der Waals surface area contributed by atoms with Crippen molar-refractivity contribution in [1.29, 1.82) is 0 Å². The van der Waals surface area contributed by atoms with Crippen LogP contribution in [0.5, 0.6) is 5.75 Å². The molecule has 2 unspecified atom stereocenters. The lowest BCUT2D eigenvalue weighted by molar-refractivity contribution is -0.120. The lowest BCUT2D eigenvalue weighted by atomic mass is 10.0. The summed E-state index contributed by atoms with van der Waals surface area (Å²) in [6.45, 7) is 0.665. The quantitative estimate of drug-likeness (QED) is 0.332. The van der Waals surface area contributed by atoms with Crippen LogP contribution in [0.15, 0.2) is 48.5 Å². The Labute approximate surface area is 203 Å². The number of hydrogen-bond donors (Lipinski definition) is 4. The van der Waals surface area contributed by atoms with Crippen LogP contribution in [0.1, 0.15) is 47.8 Å². The van der Waals surface area contributed by atoms with Gasteiger partial charge in [0.05, 0.1) is 18.7 Å². The van der Waals surface area contributed by atoms with E-state index in [2.05, 4.69) is 25.6 Å². The molecule has 1 aromatic heterocycles. The minimum absolute atomic E-state index is 0.284. The Hall–Kier alpha value is -3.44. The SMILES string of the molecule is COc1ccc2c(C(=O)NC(CCCNC(=O)C3CCCNS3(=O)=O)c3ccccc3)n[nH]c2c1. The molecular formula is C24H29N5O5S. The van der Waals surface area contributed by atoms with Crippen LogP contribution in [0.2, 0.25) is 0 Å². The van der Waals surface area contributed by atoms with Crippen molar-refractivity contribution in [3.05, 3.63) is 59.8 Å². The zero-order valence-corrected chi connectivity index (χ0v) is 20.2. The summed E-state index contributed by atoms with van der Waals surface area (Å²) in [5.41, 5.74) is 1.90. The number of amides is 2. The third kappa shape index (κ3) is 5.80. The molecule has 2 amide bonds. The third-order valence-corrected chi connectivity index (χ3v) is 7.88. The van der Waals surface area contributed by atoms with Crippen molar-refractivity contribution in [3.63, 3.8) is 0 Å². The average Bonchev–Trinajstić information content (AvgIpc) is 3.29. The summed E-state index contributed by atoms with van der Waals surface area (Å²) in [5.74, 6) is -0.149. The molecule has 1 aliphatic rings. The molecule has 0 saturated carbocycles. The number of H-pyrrole nitrogens is 1. The van der Waals surface area contributed by atoms with E-state index in [0.717, 1.165) is 5.56 Å². The number of fused-ring (bicyclic) bond motifs is 1. The maximum absolute atomic E-state index is 13.1. The Balaban J connectivity index is 1.40. The predicted octanol–water partition coefficient (Wildman–Crippen LogP) is 2.02. The zero-order chi connectivity index (χ0) is 24.8. The first-order valence-corrected chi connectivity index (χ1v) is 13.1. The molecule has 0 bridgehead atoms. The first kappa shape index (κ1) is 24.7. The second kappa shape index (κ2) is 10.9. The monoisotopic (exact) mass is 499 g/mol. The molecule has 0 radical (unpaired) electrons.